The summed E-state index contributed by atoms with van der Waals surface area (Å²) in [5.41, 5.74) is 2.47. The van der Waals surface area contributed by atoms with E-state index in [1.54, 1.807) is 48.5 Å². The van der Waals surface area contributed by atoms with E-state index in [1.807, 2.05) is 44.2 Å². The maximum atomic E-state index is 14.6. The summed E-state index contributed by atoms with van der Waals surface area (Å²) < 4.78 is 35.1. The lowest BCUT2D eigenvalue weighted by molar-refractivity contribution is -0.140. The number of anilines is 1. The number of carbonyl (C=O) groups is 2. The highest BCUT2D eigenvalue weighted by molar-refractivity contribution is 7.92. The van der Waals surface area contributed by atoms with E-state index in [0.717, 1.165) is 15.4 Å². The second-order valence-corrected chi connectivity index (χ2v) is 13.5. The van der Waals surface area contributed by atoms with E-state index < -0.39 is 28.5 Å². The van der Waals surface area contributed by atoms with Crippen LogP contribution >= 0.6 is 23.2 Å². The van der Waals surface area contributed by atoms with Crippen LogP contribution in [0.4, 0.5) is 5.69 Å². The highest BCUT2D eigenvalue weighted by Crippen LogP contribution is 2.35. The van der Waals surface area contributed by atoms with Gasteiger partial charge in [0.1, 0.15) is 18.3 Å². The van der Waals surface area contributed by atoms with Gasteiger partial charge in [0.2, 0.25) is 11.8 Å². The van der Waals surface area contributed by atoms with E-state index in [1.165, 1.54) is 30.2 Å². The number of hydrogen-bond donors (Lipinski definition) is 1. The molecule has 0 unspecified atom stereocenters. The zero-order valence-electron chi connectivity index (χ0n) is 26.0. The van der Waals surface area contributed by atoms with Crippen molar-refractivity contribution >= 4 is 50.7 Å². The summed E-state index contributed by atoms with van der Waals surface area (Å²) >= 11 is 12.7. The van der Waals surface area contributed by atoms with E-state index >= 15 is 0 Å². The molecular formula is C35H37Cl2N3O5S. The van der Waals surface area contributed by atoms with Gasteiger partial charge in [-0.1, -0.05) is 90.3 Å². The van der Waals surface area contributed by atoms with Crippen molar-refractivity contribution in [2.24, 2.45) is 0 Å². The molecule has 0 radical (unpaired) electrons. The Morgan fingerprint density at radius 3 is 2.20 bits per heavy atom. The first kappa shape index (κ1) is 34.8. The molecule has 4 aromatic rings. The summed E-state index contributed by atoms with van der Waals surface area (Å²) in [4.78, 5) is 29.7. The molecule has 4 aromatic carbocycles. The van der Waals surface area contributed by atoms with Gasteiger partial charge in [0.15, 0.2) is 0 Å². The minimum absolute atomic E-state index is 0.00153. The number of nitrogens with zero attached hydrogens (tertiary/aromatic N) is 2. The lowest BCUT2D eigenvalue weighted by Gasteiger charge is -2.34. The molecule has 8 nitrogen and oxygen atoms in total. The predicted molar refractivity (Wildman–Crippen MR) is 183 cm³/mol. The van der Waals surface area contributed by atoms with Crippen molar-refractivity contribution in [2.75, 3.05) is 24.5 Å². The number of carbonyl (C=O) groups excluding carboxylic acids is 2. The zero-order chi connectivity index (χ0) is 33.3. The molecule has 0 saturated carbocycles. The van der Waals surface area contributed by atoms with E-state index in [-0.39, 0.29) is 40.2 Å². The molecule has 0 bridgehead atoms. The first-order chi connectivity index (χ1) is 22.0. The number of sulfonamides is 1. The number of rotatable bonds is 14. The summed E-state index contributed by atoms with van der Waals surface area (Å²) in [5, 5.41) is 3.65. The van der Waals surface area contributed by atoms with Crippen LogP contribution in [0.5, 0.6) is 5.75 Å². The molecule has 0 aliphatic rings. The summed E-state index contributed by atoms with van der Waals surface area (Å²) in [6.07, 6.45) is 0.900. The van der Waals surface area contributed by atoms with Crippen LogP contribution in [0.25, 0.3) is 0 Å². The van der Waals surface area contributed by atoms with Crippen molar-refractivity contribution in [2.45, 2.75) is 44.2 Å². The number of aryl methyl sites for hydroxylation is 1. The fraction of sp³-hybridized carbons (Fsp3) is 0.257. The molecule has 2 amide bonds. The Morgan fingerprint density at radius 1 is 0.870 bits per heavy atom. The Hall–Kier alpha value is -4.05. The van der Waals surface area contributed by atoms with Crippen molar-refractivity contribution in [1.82, 2.24) is 10.2 Å². The third-order valence-corrected chi connectivity index (χ3v) is 9.60. The third-order valence-electron chi connectivity index (χ3n) is 7.36. The molecule has 242 valence electrons. The van der Waals surface area contributed by atoms with Crippen LogP contribution in [0, 0.1) is 6.92 Å². The van der Waals surface area contributed by atoms with Crippen LogP contribution in [-0.2, 0) is 32.6 Å². The van der Waals surface area contributed by atoms with Gasteiger partial charge in [-0.2, -0.15) is 0 Å². The first-order valence-electron chi connectivity index (χ1n) is 14.8. The molecule has 11 heteroatoms. The number of methoxy groups -OCH3 is 1. The van der Waals surface area contributed by atoms with Crippen molar-refractivity contribution in [3.8, 4) is 5.75 Å². The van der Waals surface area contributed by atoms with E-state index in [9.17, 15) is 18.0 Å². The minimum Gasteiger partial charge on any atom is -0.495 e. The van der Waals surface area contributed by atoms with E-state index in [4.69, 9.17) is 27.9 Å². The van der Waals surface area contributed by atoms with Gasteiger partial charge in [-0.15, -0.1) is 0 Å². The molecular weight excluding hydrogens is 645 g/mol. The Bertz CT molecular complexity index is 1750. The SMILES string of the molecule is CCCNC(=O)[C@H](Cc1ccccc1)N(Cc1cccc(Cl)c1)C(=O)CN(c1cc(Cl)ccc1OC)S(=O)(=O)c1ccc(C)cc1. The number of hydrogen-bond acceptors (Lipinski definition) is 5. The summed E-state index contributed by atoms with van der Waals surface area (Å²) in [6, 6.07) is 26.3. The van der Waals surface area contributed by atoms with Gasteiger partial charge >= 0.3 is 0 Å². The van der Waals surface area contributed by atoms with E-state index in [2.05, 4.69) is 5.32 Å². The number of ether oxygens (including phenoxy) is 1. The predicted octanol–water partition coefficient (Wildman–Crippen LogP) is 6.67. The van der Waals surface area contributed by atoms with E-state index in [0.29, 0.717) is 23.6 Å². The smallest absolute Gasteiger partial charge is 0.264 e. The molecule has 0 saturated heterocycles. The highest BCUT2D eigenvalue weighted by atomic mass is 35.5. The van der Waals surface area contributed by atoms with Gasteiger partial charge in [0.05, 0.1) is 17.7 Å². The largest absolute Gasteiger partial charge is 0.495 e. The van der Waals surface area contributed by atoms with Gasteiger partial charge in [-0.05, 0) is 66.9 Å². The van der Waals surface area contributed by atoms with Crippen LogP contribution < -0.4 is 14.4 Å². The molecule has 0 spiro atoms. The minimum atomic E-state index is -4.32. The Labute approximate surface area is 280 Å². The lowest BCUT2D eigenvalue weighted by atomic mass is 10.0. The third kappa shape index (κ3) is 8.81. The quantitative estimate of drug-likeness (QED) is 0.160. The number of amides is 2. The molecule has 1 N–H and O–H groups in total. The van der Waals surface area contributed by atoms with Gasteiger partial charge in [0.25, 0.3) is 10.0 Å². The van der Waals surface area contributed by atoms with Crippen molar-refractivity contribution in [3.63, 3.8) is 0 Å². The molecule has 0 aliphatic heterocycles. The molecule has 0 aliphatic carbocycles. The maximum absolute atomic E-state index is 14.6. The Morgan fingerprint density at radius 2 is 1.54 bits per heavy atom. The average Bonchev–Trinajstić information content (AvgIpc) is 3.04. The average molecular weight is 683 g/mol. The van der Waals surface area contributed by atoms with Crippen LogP contribution in [0.2, 0.25) is 10.0 Å². The summed E-state index contributed by atoms with van der Waals surface area (Å²) in [6.45, 7) is 3.56. The van der Waals surface area contributed by atoms with Crippen molar-refractivity contribution < 1.29 is 22.7 Å². The van der Waals surface area contributed by atoms with Gasteiger partial charge in [0, 0.05) is 29.6 Å². The summed E-state index contributed by atoms with van der Waals surface area (Å²) in [5.74, 6) is -0.754. The molecule has 4 rings (SSSR count). The standard InChI is InChI=1S/C35H37Cl2N3O5S/c1-4-19-38-35(42)32(21-26-9-6-5-7-10-26)39(23-27-11-8-12-28(36)20-27)34(41)24-40(31-22-29(37)15-18-33(31)45-3)46(43,44)30-16-13-25(2)14-17-30/h5-18,20,22,32H,4,19,21,23-24H2,1-3H3,(H,38,42)/t32-/m0/s1. The number of nitrogens with one attached hydrogen (secondary N) is 1. The molecule has 46 heavy (non-hydrogen) atoms. The van der Waals surface area contributed by atoms with Gasteiger partial charge in [-0.25, -0.2) is 8.42 Å². The Balaban J connectivity index is 1.85. The van der Waals surface area contributed by atoms with Crippen molar-refractivity contribution in [1.29, 1.82) is 0 Å². The second-order valence-electron chi connectivity index (χ2n) is 10.8. The fourth-order valence-corrected chi connectivity index (χ4v) is 6.76. The molecule has 0 aromatic heterocycles. The van der Waals surface area contributed by atoms with Gasteiger partial charge in [-0.3, -0.25) is 13.9 Å². The molecule has 1 atom stereocenters. The van der Waals surface area contributed by atoms with Crippen LogP contribution in [0.15, 0.2) is 102 Å². The second kappa shape index (κ2) is 16.0. The molecule has 0 heterocycles. The normalized spacial score (nSPS) is 11.8. The Kier molecular flexibility index (Phi) is 12.1. The molecule has 0 fully saturated rings. The van der Waals surface area contributed by atoms with Crippen molar-refractivity contribution in [3.05, 3.63) is 124 Å². The number of halogens is 2. The van der Waals surface area contributed by atoms with Crippen LogP contribution in [0.3, 0.4) is 0 Å². The van der Waals surface area contributed by atoms with Crippen LogP contribution in [-0.4, -0.2) is 51.4 Å². The van der Waals surface area contributed by atoms with Crippen LogP contribution in [0.1, 0.15) is 30.0 Å². The zero-order valence-corrected chi connectivity index (χ0v) is 28.3. The maximum Gasteiger partial charge on any atom is 0.264 e. The topological polar surface area (TPSA) is 96.0 Å². The summed E-state index contributed by atoms with van der Waals surface area (Å²) in [7, 11) is -2.91. The highest BCUT2D eigenvalue weighted by Gasteiger charge is 2.35. The lowest BCUT2D eigenvalue weighted by Crippen LogP contribution is -2.53. The monoisotopic (exact) mass is 681 g/mol. The first-order valence-corrected chi connectivity index (χ1v) is 17.0. The van der Waals surface area contributed by atoms with Gasteiger partial charge < -0.3 is 15.0 Å². The fourth-order valence-electron chi connectivity index (χ4n) is 4.96. The number of benzene rings is 4.